The van der Waals surface area contributed by atoms with Crippen molar-refractivity contribution in [3.05, 3.63) is 204 Å². The Bertz CT molecular complexity index is 11800. The summed E-state index contributed by atoms with van der Waals surface area (Å²) in [4.78, 5) is 164. The summed E-state index contributed by atoms with van der Waals surface area (Å²) in [5, 5.41) is 39.6. The van der Waals surface area contributed by atoms with E-state index in [1.54, 1.807) is 0 Å². The Morgan fingerprint density at radius 3 is 0.554 bits per heavy atom. The number of hydrogen-bond donors (Lipinski definition) is 0. The summed E-state index contributed by atoms with van der Waals surface area (Å²) < 4.78 is 60.7. The Hall–Kier alpha value is -16.2. The highest BCUT2D eigenvalue weighted by atomic mass is 16.6. The van der Waals surface area contributed by atoms with E-state index < -0.39 is 113 Å². The van der Waals surface area contributed by atoms with E-state index in [1.807, 2.05) is 27.7 Å². The lowest BCUT2D eigenvalue weighted by molar-refractivity contribution is -0.169. The summed E-state index contributed by atoms with van der Waals surface area (Å²) in [6.45, 7) is 17.9. The van der Waals surface area contributed by atoms with E-state index in [9.17, 15) is 0 Å². The standard InChI is InChI=1S/C128H60N4O16/c1-9-141-109(133)125-113(137)145-25-39-17-43-35(13-31(39)5)21-131-29-129(43)23-37-15-33(7)42(20-45(37)131)28-148-116(140)128(112(136)144-12-4)120-98-71-55-49-47-52-53-54-51-48-50-56-58-60-64-82-74(58)94-66(50)70(54)96-68(52)78-62(47)80(71)102(120)90-92-106(82)124(104(78)90)118(94,96)126(124,110(134)142-10-2)114(138)146-26-40-18-44-36(14-32(40)6)22-132-30-130(44)24-38-16-34(8)41(19-46(38)132)27-147-115(139)127(111(135)143-11-3)119-97-72(56)79-61(48)77-67(51)95-69(53)65(49)93-73-57(55)59-63-81(73)105-91(89(101(79)119)103(77)123(105,125)117(93,95)125)107-83(63)87-85(75(59)98)100-88(84(64)108(92)122(100,120)128)86(76(60)97)99(87)121(107,119)127/h13-20H,9-12,21-30H2,1-8H3/t117?,118?,119?,120?,121?,122?,123?,124?,125-,126-,127-,128-/m1/s1. The van der Waals surface area contributed by atoms with Gasteiger partial charge in [-0.3, -0.25) is 38.4 Å². The Kier molecular flexibility index (Phi) is 8.11. The van der Waals surface area contributed by atoms with Crippen LogP contribution in [-0.4, -0.2) is 87.5 Å². The van der Waals surface area contributed by atoms with Crippen LogP contribution in [0.4, 0.5) is 22.7 Å². The van der Waals surface area contributed by atoms with Crippen LogP contribution in [0.2, 0.25) is 0 Å². The van der Waals surface area contributed by atoms with Crippen molar-refractivity contribution in [2.45, 2.75) is 151 Å². The molecule has 20 nitrogen and oxygen atoms in total. The molecule has 688 valence electrons. The third-order valence-corrected chi connectivity index (χ3v) is 48.4. The average Bonchev–Trinajstić information content (AvgIpc) is 1.33. The molecule has 63 rings (SSSR count). The molecule has 38 aliphatic rings. The van der Waals surface area contributed by atoms with E-state index in [-0.39, 0.29) is 52.9 Å². The molecule has 20 aliphatic carbocycles. The van der Waals surface area contributed by atoms with Gasteiger partial charge >= 0.3 is 47.8 Å². The van der Waals surface area contributed by atoms with Gasteiger partial charge in [0.25, 0.3) is 0 Å². The van der Waals surface area contributed by atoms with Crippen LogP contribution in [0, 0.1) is 49.4 Å². The van der Waals surface area contributed by atoms with Crippen molar-refractivity contribution in [3.8, 4) is 22.3 Å². The normalized spacial score (nSPS) is 30.8. The van der Waals surface area contributed by atoms with Gasteiger partial charge in [-0.05, 0) is 484 Å². The topological polar surface area (TPSA) is 223 Å². The van der Waals surface area contributed by atoms with Crippen LogP contribution in [0.25, 0.3) is 248 Å². The molecule has 18 aliphatic heterocycles. The lowest BCUT2D eigenvalue weighted by atomic mass is 9.64. The minimum absolute atomic E-state index is 0.0851. The van der Waals surface area contributed by atoms with Crippen LogP contribution >= 0.6 is 0 Å². The average molecular weight is 1910 g/mol. The first-order valence-electron chi connectivity index (χ1n) is 53.5. The summed E-state index contributed by atoms with van der Waals surface area (Å²) in [6, 6.07) is 17.8. The Balaban J connectivity index is 0.743. The molecular weight excluding hydrogens is 1850 g/mol. The van der Waals surface area contributed by atoms with Gasteiger partial charge in [0.2, 0.25) is 0 Å². The monoisotopic (exact) mass is 1910 g/mol. The van der Waals surface area contributed by atoms with Crippen molar-refractivity contribution >= 4 is 297 Å². The molecule has 12 atom stereocenters. The van der Waals surface area contributed by atoms with Gasteiger partial charge in [0.05, 0.1) is 83.1 Å². The molecule has 18 heterocycles. The number of aryl methyl sites for hydroxylation is 4. The molecule has 25 aromatic rings. The number of anilines is 4. The molecule has 0 aromatic heterocycles. The van der Waals surface area contributed by atoms with Crippen LogP contribution in [0.5, 0.6) is 0 Å². The fourth-order valence-corrected chi connectivity index (χ4v) is 46.8. The third kappa shape index (κ3) is 4.35. The minimum Gasteiger partial charge on any atom is -0.465 e. The molecule has 50 bridgehead atoms. The van der Waals surface area contributed by atoms with Crippen LogP contribution in [-0.2, 0) is 172 Å². The zero-order valence-corrected chi connectivity index (χ0v) is 79.8. The van der Waals surface area contributed by atoms with Gasteiger partial charge in [-0.25, -0.2) is 0 Å². The maximum atomic E-state index is 19.7. The maximum absolute atomic E-state index is 19.7. The summed E-state index contributed by atoms with van der Waals surface area (Å²) in [7, 11) is 0. The zero-order valence-electron chi connectivity index (χ0n) is 79.8. The molecule has 20 heteroatoms. The number of benzene rings is 21. The quantitative estimate of drug-likeness (QED) is 0.0453. The van der Waals surface area contributed by atoms with Gasteiger partial charge in [-0.2, -0.15) is 0 Å². The van der Waals surface area contributed by atoms with Gasteiger partial charge in [0, 0.05) is 48.9 Å². The lowest BCUT2D eigenvalue weighted by Gasteiger charge is -2.45. The molecule has 148 heavy (non-hydrogen) atoms. The van der Waals surface area contributed by atoms with Crippen LogP contribution in [0.1, 0.15) is 183 Å². The van der Waals surface area contributed by atoms with Crippen LogP contribution in [0.3, 0.4) is 0 Å². The third-order valence-electron chi connectivity index (χ3n) is 48.4. The highest BCUT2D eigenvalue weighted by molar-refractivity contribution is 6.72. The number of hydrogen-bond acceptors (Lipinski definition) is 20. The fraction of sp³-hybridized carbons (Fsp3) is 0.266. The second kappa shape index (κ2) is 17.4. The second-order valence-corrected chi connectivity index (χ2v) is 50.1. The van der Waals surface area contributed by atoms with Crippen molar-refractivity contribution < 1.29 is 76.3 Å². The highest BCUT2D eigenvalue weighted by Crippen LogP contribution is 3.08. The van der Waals surface area contributed by atoms with Crippen molar-refractivity contribution in [2.24, 2.45) is 21.7 Å². The predicted molar refractivity (Wildman–Crippen MR) is 550 cm³/mol. The molecule has 8 spiro atoms. The Morgan fingerprint density at radius 2 is 0.372 bits per heavy atom. The second-order valence-electron chi connectivity index (χ2n) is 50.1. The summed E-state index contributed by atoms with van der Waals surface area (Å²) in [5.74, 6) is -5.53. The summed E-state index contributed by atoms with van der Waals surface area (Å²) in [5.41, 5.74) is 8.66. The van der Waals surface area contributed by atoms with Crippen LogP contribution in [0.15, 0.2) is 48.5 Å². The van der Waals surface area contributed by atoms with E-state index in [0.717, 1.165) is 427 Å². The number of esters is 8. The lowest BCUT2D eigenvalue weighted by Crippen LogP contribution is -2.46. The molecule has 0 amide bonds. The number of carbonyl (C=O) groups excluding carboxylic acids is 8. The summed E-state index contributed by atoms with van der Waals surface area (Å²) >= 11 is 0. The van der Waals surface area contributed by atoms with Gasteiger partial charge < -0.3 is 57.5 Å². The first kappa shape index (κ1) is 69.0. The van der Waals surface area contributed by atoms with Gasteiger partial charge in [0.1, 0.15) is 26.4 Å². The predicted octanol–water partition coefficient (Wildman–Crippen LogP) is 20.5. The Labute approximate surface area is 826 Å². The van der Waals surface area contributed by atoms with Crippen molar-refractivity contribution in [2.75, 3.05) is 59.4 Å². The molecule has 0 saturated heterocycles. The van der Waals surface area contributed by atoms with Crippen molar-refractivity contribution in [3.63, 3.8) is 0 Å². The van der Waals surface area contributed by atoms with Crippen molar-refractivity contribution in [1.29, 1.82) is 0 Å². The zero-order chi connectivity index (χ0) is 95.2. The molecule has 0 N–H and O–H groups in total. The number of nitrogens with zero attached hydrogens (tertiary/aromatic N) is 4. The van der Waals surface area contributed by atoms with Crippen LogP contribution < -0.4 is 19.6 Å². The molecule has 4 fully saturated rings. The van der Waals surface area contributed by atoms with Gasteiger partial charge in [0.15, 0.2) is 21.7 Å². The van der Waals surface area contributed by atoms with E-state index in [1.165, 1.54) is 0 Å². The first-order valence-corrected chi connectivity index (χ1v) is 53.5. The molecule has 8 unspecified atom stereocenters. The van der Waals surface area contributed by atoms with E-state index in [2.05, 4.69) is 95.8 Å². The number of rotatable bonds is 8. The fourth-order valence-electron chi connectivity index (χ4n) is 46.8. The van der Waals surface area contributed by atoms with Gasteiger partial charge in [-0.1, -0.05) is 24.3 Å². The first-order chi connectivity index (χ1) is 72.3. The number of carbonyl (C=O) groups is 8. The summed E-state index contributed by atoms with van der Waals surface area (Å²) in [6.07, 6.45) is 0. The SMILES string of the molecule is CCOC(=O)[C@]12C(=O)OCc3cc4c(cc3C)CN3CN4Cc4cc(C)c(cc43)COC(=O)[C@@]3(C(=O)OCC)C45c6c7c8c9c%10c%11c%12c%13c%14c%10c%10c%15c%16c%17c%18c%19c%20c%21c%22c%23c%24c%25c%26c%27c%28c%29c-%19c(c%13c%28c%13c%12c%12c%19c%28c(c-7c4c4c7c%30c%31c%32c(c%33c6c9c%10c%33c%16c%32c(c%17%21)c%22c%31c%24c7c(c%284)c%25c%19c%27%13)C%3053)C%123C%118[C@]3(C(=O)OCC)C(=O)OCc3cc4c(cc3C)CN3CN4Cc4cc(C)c(cc43)COC(=O)[C@@]3(C(=O)OCC)C%29%20C%26%233)C%141C%18%152. The van der Waals surface area contributed by atoms with E-state index in [4.69, 9.17) is 37.9 Å². The maximum Gasteiger partial charge on any atom is 0.326 e. The highest BCUT2D eigenvalue weighted by Gasteiger charge is 3.10. The molecular formula is C128H60N4O16. The Morgan fingerprint density at radius 1 is 0.223 bits per heavy atom. The van der Waals surface area contributed by atoms with E-state index >= 15 is 38.4 Å². The minimum atomic E-state index is -2.38. The smallest absolute Gasteiger partial charge is 0.326 e. The van der Waals surface area contributed by atoms with Crippen molar-refractivity contribution in [1.82, 2.24) is 0 Å². The molecule has 4 saturated carbocycles. The largest absolute Gasteiger partial charge is 0.465 e. The molecule has 25 aromatic carbocycles. The molecule has 0 radical (unpaired) electrons. The van der Waals surface area contributed by atoms with Gasteiger partial charge in [-0.15, -0.1) is 0 Å². The van der Waals surface area contributed by atoms with E-state index in [0.29, 0.717) is 39.5 Å². The number of ether oxygens (including phenoxy) is 8.